The first kappa shape index (κ1) is 28.1. The van der Waals surface area contributed by atoms with E-state index in [0.29, 0.717) is 0 Å². The lowest BCUT2D eigenvalue weighted by Crippen LogP contribution is -1.94. The van der Waals surface area contributed by atoms with Crippen LogP contribution in [0.15, 0.2) is 182 Å². The summed E-state index contributed by atoms with van der Waals surface area (Å²) in [5.41, 5.74) is 11.7. The Hall–Kier alpha value is -6.77. The molecule has 2 heterocycles. The standard InChI is InChI=1S/C49H30N2/c1-2-12-31(13-3-1)34-24-26-40-43(29-34)48(39-18-7-6-17-38(39)47(40)35-23-22-32-14-4-5-15-33(32)28-35)36-25-27-41-42(30-36)37-16-8-10-20-45(37)51-46-21-11-9-19-44(46)50-49(41)51/h1-30H. The highest BCUT2D eigenvalue weighted by Gasteiger charge is 2.20. The molecule has 2 heteroatoms. The first-order chi connectivity index (χ1) is 25.3. The first-order valence-electron chi connectivity index (χ1n) is 17.6. The Kier molecular flexibility index (Phi) is 5.99. The van der Waals surface area contributed by atoms with Gasteiger partial charge < -0.3 is 0 Å². The third kappa shape index (κ3) is 4.20. The van der Waals surface area contributed by atoms with Crippen LogP contribution in [-0.4, -0.2) is 9.38 Å². The van der Waals surface area contributed by atoms with Crippen molar-refractivity contribution >= 4 is 70.7 Å². The predicted octanol–water partition coefficient (Wildman–Crippen LogP) is 13.3. The number of hydrogen-bond donors (Lipinski definition) is 0. The molecule has 0 radical (unpaired) electrons. The van der Waals surface area contributed by atoms with Gasteiger partial charge in [0.15, 0.2) is 0 Å². The topological polar surface area (TPSA) is 17.3 Å². The number of imidazole rings is 1. The van der Waals surface area contributed by atoms with Crippen molar-refractivity contribution < 1.29 is 0 Å². The second-order valence-corrected chi connectivity index (χ2v) is 13.5. The van der Waals surface area contributed by atoms with Crippen LogP contribution in [0.25, 0.3) is 104 Å². The van der Waals surface area contributed by atoms with E-state index in [9.17, 15) is 0 Å². The van der Waals surface area contributed by atoms with Crippen molar-refractivity contribution in [2.24, 2.45) is 0 Å². The van der Waals surface area contributed by atoms with Gasteiger partial charge in [-0.15, -0.1) is 0 Å². The zero-order chi connectivity index (χ0) is 33.5. The summed E-state index contributed by atoms with van der Waals surface area (Å²) in [4.78, 5) is 5.17. The number of pyridine rings is 1. The van der Waals surface area contributed by atoms with Crippen LogP contribution in [0, 0.1) is 0 Å². The van der Waals surface area contributed by atoms with Gasteiger partial charge in [-0.05, 0) is 114 Å². The maximum absolute atomic E-state index is 5.17. The van der Waals surface area contributed by atoms with Gasteiger partial charge in [-0.25, -0.2) is 4.98 Å². The molecule has 0 atom stereocenters. The minimum Gasteiger partial charge on any atom is -0.292 e. The molecule has 11 rings (SSSR count). The molecule has 0 fully saturated rings. The van der Waals surface area contributed by atoms with Crippen molar-refractivity contribution in [1.82, 2.24) is 9.38 Å². The molecule has 2 aromatic heterocycles. The molecule has 51 heavy (non-hydrogen) atoms. The van der Waals surface area contributed by atoms with E-state index in [0.717, 1.165) is 22.1 Å². The van der Waals surface area contributed by atoms with Crippen molar-refractivity contribution in [3.8, 4) is 33.4 Å². The first-order valence-corrected chi connectivity index (χ1v) is 17.6. The molecular weight excluding hydrogens is 617 g/mol. The SMILES string of the molecule is c1ccc(-c2ccc3c(-c4ccc5ccccc5c4)c4ccccc4c(-c4ccc5c(c4)c4ccccc4n4c6ccccc6nc54)c3c2)cc1. The Balaban J connectivity index is 1.27. The largest absolute Gasteiger partial charge is 0.292 e. The number of nitrogens with zero attached hydrogens (tertiary/aromatic N) is 2. The Morgan fingerprint density at radius 3 is 1.73 bits per heavy atom. The lowest BCUT2D eigenvalue weighted by atomic mass is 9.84. The minimum absolute atomic E-state index is 0.990. The van der Waals surface area contributed by atoms with Crippen LogP contribution in [0.2, 0.25) is 0 Å². The van der Waals surface area contributed by atoms with Crippen LogP contribution in [-0.2, 0) is 0 Å². The second-order valence-electron chi connectivity index (χ2n) is 13.5. The molecule has 0 bridgehead atoms. The van der Waals surface area contributed by atoms with Gasteiger partial charge in [-0.2, -0.15) is 0 Å². The summed E-state index contributed by atoms with van der Waals surface area (Å²) >= 11 is 0. The van der Waals surface area contributed by atoms with Gasteiger partial charge in [0, 0.05) is 10.8 Å². The summed E-state index contributed by atoms with van der Waals surface area (Å²) < 4.78 is 2.32. The van der Waals surface area contributed by atoms with Gasteiger partial charge in [0.25, 0.3) is 0 Å². The molecule has 0 aliphatic rings. The summed E-state index contributed by atoms with van der Waals surface area (Å²) in [6, 6.07) is 66.4. The van der Waals surface area contributed by atoms with Crippen molar-refractivity contribution in [3.05, 3.63) is 182 Å². The Morgan fingerprint density at radius 1 is 0.314 bits per heavy atom. The summed E-state index contributed by atoms with van der Waals surface area (Å²) in [5, 5.41) is 11.1. The van der Waals surface area contributed by atoms with Crippen LogP contribution in [0.5, 0.6) is 0 Å². The smallest absolute Gasteiger partial charge is 0.146 e. The maximum atomic E-state index is 5.17. The molecule has 0 aliphatic heterocycles. The van der Waals surface area contributed by atoms with E-state index in [2.05, 4.69) is 186 Å². The highest BCUT2D eigenvalue weighted by atomic mass is 15.0. The quantitative estimate of drug-likeness (QED) is 0.138. The van der Waals surface area contributed by atoms with Crippen molar-refractivity contribution in [3.63, 3.8) is 0 Å². The van der Waals surface area contributed by atoms with Crippen LogP contribution >= 0.6 is 0 Å². The van der Waals surface area contributed by atoms with E-state index in [1.54, 1.807) is 0 Å². The van der Waals surface area contributed by atoms with Crippen LogP contribution < -0.4 is 0 Å². The molecule has 0 aliphatic carbocycles. The molecule has 0 unspecified atom stereocenters. The fourth-order valence-electron chi connectivity index (χ4n) is 8.42. The molecule has 0 spiro atoms. The van der Waals surface area contributed by atoms with E-state index >= 15 is 0 Å². The molecule has 9 aromatic carbocycles. The normalized spacial score (nSPS) is 11.9. The van der Waals surface area contributed by atoms with Gasteiger partial charge in [0.2, 0.25) is 0 Å². The molecule has 2 nitrogen and oxygen atoms in total. The molecular formula is C49H30N2. The summed E-state index contributed by atoms with van der Waals surface area (Å²) in [6.07, 6.45) is 0. The Labute approximate surface area is 294 Å². The van der Waals surface area contributed by atoms with E-state index in [1.807, 2.05) is 0 Å². The molecule has 0 saturated carbocycles. The zero-order valence-corrected chi connectivity index (χ0v) is 27.7. The molecule has 0 N–H and O–H groups in total. The zero-order valence-electron chi connectivity index (χ0n) is 27.7. The molecule has 0 amide bonds. The summed E-state index contributed by atoms with van der Waals surface area (Å²) in [7, 11) is 0. The molecule has 236 valence electrons. The van der Waals surface area contributed by atoms with Gasteiger partial charge in [-0.3, -0.25) is 4.40 Å². The fraction of sp³-hybridized carbons (Fsp3) is 0. The lowest BCUT2D eigenvalue weighted by Gasteiger charge is -2.19. The van der Waals surface area contributed by atoms with Crippen LogP contribution in [0.4, 0.5) is 0 Å². The monoisotopic (exact) mass is 646 g/mol. The number of aromatic nitrogens is 2. The van der Waals surface area contributed by atoms with Gasteiger partial charge in [-0.1, -0.05) is 140 Å². The van der Waals surface area contributed by atoms with Crippen molar-refractivity contribution in [1.29, 1.82) is 0 Å². The fourth-order valence-corrected chi connectivity index (χ4v) is 8.42. The van der Waals surface area contributed by atoms with E-state index in [-0.39, 0.29) is 0 Å². The number of benzene rings is 9. The molecule has 11 aromatic rings. The number of hydrogen-bond acceptors (Lipinski definition) is 1. The van der Waals surface area contributed by atoms with E-state index < -0.39 is 0 Å². The van der Waals surface area contributed by atoms with E-state index in [4.69, 9.17) is 4.98 Å². The highest BCUT2D eigenvalue weighted by molar-refractivity contribution is 6.23. The van der Waals surface area contributed by atoms with Gasteiger partial charge >= 0.3 is 0 Å². The average molecular weight is 647 g/mol. The highest BCUT2D eigenvalue weighted by Crippen LogP contribution is 2.46. The van der Waals surface area contributed by atoms with Gasteiger partial charge in [0.05, 0.1) is 16.6 Å². The van der Waals surface area contributed by atoms with Crippen LogP contribution in [0.1, 0.15) is 0 Å². The van der Waals surface area contributed by atoms with Crippen molar-refractivity contribution in [2.75, 3.05) is 0 Å². The van der Waals surface area contributed by atoms with Crippen LogP contribution in [0.3, 0.4) is 0 Å². The maximum Gasteiger partial charge on any atom is 0.146 e. The third-order valence-corrected chi connectivity index (χ3v) is 10.7. The minimum atomic E-state index is 0.990. The van der Waals surface area contributed by atoms with Crippen molar-refractivity contribution in [2.45, 2.75) is 0 Å². The number of para-hydroxylation sites is 3. The predicted molar refractivity (Wildman–Crippen MR) is 217 cm³/mol. The second kappa shape index (κ2) is 10.9. The summed E-state index contributed by atoms with van der Waals surface area (Å²) in [5.74, 6) is 0. The summed E-state index contributed by atoms with van der Waals surface area (Å²) in [6.45, 7) is 0. The third-order valence-electron chi connectivity index (χ3n) is 10.7. The lowest BCUT2D eigenvalue weighted by molar-refractivity contribution is 1.31. The Bertz CT molecular complexity index is 3190. The Morgan fingerprint density at radius 2 is 0.882 bits per heavy atom. The number of rotatable bonds is 3. The number of fused-ring (bicyclic) bond motifs is 11. The average Bonchev–Trinajstić information content (AvgIpc) is 3.60. The molecule has 0 saturated heterocycles. The van der Waals surface area contributed by atoms with Gasteiger partial charge in [0.1, 0.15) is 5.65 Å². The van der Waals surface area contributed by atoms with E-state index in [1.165, 1.54) is 82.0 Å².